The van der Waals surface area contributed by atoms with E-state index in [1.807, 2.05) is 24.3 Å². The molecule has 0 fully saturated rings. The molecule has 0 aliphatic rings. The van der Waals surface area contributed by atoms with E-state index in [1.165, 1.54) is 0 Å². The van der Waals surface area contributed by atoms with Crippen molar-refractivity contribution >= 4 is 15.9 Å². The van der Waals surface area contributed by atoms with Crippen LogP contribution in [0.1, 0.15) is 12.8 Å². The predicted molar refractivity (Wildman–Crippen MR) is 53.8 cm³/mol. The van der Waals surface area contributed by atoms with E-state index >= 15 is 0 Å². The summed E-state index contributed by atoms with van der Waals surface area (Å²) in [6, 6.07) is 10.7. The van der Waals surface area contributed by atoms with E-state index in [1.54, 1.807) is 0 Å². The molecule has 0 aromatic heterocycles. The molecule has 65 valence electrons. The van der Waals surface area contributed by atoms with Gasteiger partial charge in [-0.3, -0.25) is 0 Å². The Labute approximate surface area is 81.9 Å². The lowest BCUT2D eigenvalue weighted by molar-refractivity contribution is 0.309. The van der Waals surface area contributed by atoms with Crippen molar-refractivity contribution in [1.29, 1.82) is 0 Å². The van der Waals surface area contributed by atoms with Crippen LogP contribution < -0.4 is 4.74 Å². The van der Waals surface area contributed by atoms with Crippen LogP contribution in [0.25, 0.3) is 0 Å². The van der Waals surface area contributed by atoms with Crippen LogP contribution in [0.5, 0.6) is 5.75 Å². The van der Waals surface area contributed by atoms with E-state index in [2.05, 4.69) is 22.0 Å². The van der Waals surface area contributed by atoms with Gasteiger partial charge >= 0.3 is 0 Å². The Hall–Kier alpha value is -0.500. The second-order valence-electron chi connectivity index (χ2n) is 2.47. The summed E-state index contributed by atoms with van der Waals surface area (Å²) in [5, 5.41) is 1.05. The van der Waals surface area contributed by atoms with Gasteiger partial charge in [0.15, 0.2) is 0 Å². The number of alkyl halides is 1. The lowest BCUT2D eigenvalue weighted by atomic mass is 10.3. The van der Waals surface area contributed by atoms with E-state index in [9.17, 15) is 0 Å². The van der Waals surface area contributed by atoms with Crippen LogP contribution in [0, 0.1) is 6.07 Å². The van der Waals surface area contributed by atoms with Crippen LogP contribution in [0.15, 0.2) is 24.3 Å². The zero-order valence-electron chi connectivity index (χ0n) is 6.92. The molecule has 1 aromatic carbocycles. The van der Waals surface area contributed by atoms with Gasteiger partial charge in [-0.05, 0) is 18.9 Å². The number of benzene rings is 1. The molecule has 0 N–H and O–H groups in total. The van der Waals surface area contributed by atoms with Gasteiger partial charge in [-0.15, -0.1) is 0 Å². The number of halogens is 1. The second kappa shape index (κ2) is 6.06. The smallest absolute Gasteiger partial charge is 0.127 e. The van der Waals surface area contributed by atoms with Crippen LogP contribution >= 0.6 is 15.9 Å². The van der Waals surface area contributed by atoms with Gasteiger partial charge in [-0.2, -0.15) is 0 Å². The maximum absolute atomic E-state index is 5.43. The van der Waals surface area contributed by atoms with E-state index < -0.39 is 0 Å². The van der Waals surface area contributed by atoms with Crippen LogP contribution in [0.4, 0.5) is 0 Å². The SMILES string of the molecule is BrCCCCOc1[c]cccc1. The van der Waals surface area contributed by atoms with Gasteiger partial charge in [0.1, 0.15) is 5.75 Å². The van der Waals surface area contributed by atoms with E-state index in [0.717, 1.165) is 30.5 Å². The second-order valence-corrected chi connectivity index (χ2v) is 3.26. The summed E-state index contributed by atoms with van der Waals surface area (Å²) in [6.45, 7) is 0.784. The molecule has 0 atom stereocenters. The van der Waals surface area contributed by atoms with Crippen molar-refractivity contribution in [1.82, 2.24) is 0 Å². The molecule has 1 nitrogen and oxygen atoms in total. The van der Waals surface area contributed by atoms with Crippen LogP contribution in [-0.4, -0.2) is 11.9 Å². The van der Waals surface area contributed by atoms with Gasteiger partial charge in [0.25, 0.3) is 0 Å². The van der Waals surface area contributed by atoms with Crippen LogP contribution in [-0.2, 0) is 0 Å². The monoisotopic (exact) mass is 227 g/mol. The minimum Gasteiger partial charge on any atom is -0.493 e. The lowest BCUT2D eigenvalue weighted by Crippen LogP contribution is -1.96. The first-order valence-electron chi connectivity index (χ1n) is 4.09. The van der Waals surface area contributed by atoms with Gasteiger partial charge in [0.2, 0.25) is 0 Å². The van der Waals surface area contributed by atoms with Crippen molar-refractivity contribution in [3.05, 3.63) is 30.3 Å². The van der Waals surface area contributed by atoms with Crippen molar-refractivity contribution in [3.63, 3.8) is 0 Å². The third-order valence-electron chi connectivity index (χ3n) is 1.47. The number of unbranched alkanes of at least 4 members (excludes halogenated alkanes) is 1. The van der Waals surface area contributed by atoms with Gasteiger partial charge in [-0.1, -0.05) is 34.1 Å². The molecule has 1 aromatic rings. The molecule has 1 rings (SSSR count). The highest BCUT2D eigenvalue weighted by atomic mass is 79.9. The molecule has 0 saturated carbocycles. The number of ether oxygens (including phenoxy) is 1. The summed E-state index contributed by atoms with van der Waals surface area (Å²) < 4.78 is 5.43. The minimum atomic E-state index is 0.784. The maximum Gasteiger partial charge on any atom is 0.127 e. The standard InChI is InChI=1S/C10H12BrO/c11-8-4-5-9-12-10-6-2-1-3-7-10/h1-3,6H,4-5,8-9H2. The Morgan fingerprint density at radius 3 is 2.92 bits per heavy atom. The summed E-state index contributed by atoms with van der Waals surface area (Å²) in [6.07, 6.45) is 2.25. The molecule has 0 bridgehead atoms. The highest BCUT2D eigenvalue weighted by Gasteiger charge is 1.90. The molecule has 0 amide bonds. The van der Waals surface area contributed by atoms with E-state index in [0.29, 0.717) is 0 Å². The van der Waals surface area contributed by atoms with Gasteiger partial charge in [0, 0.05) is 11.4 Å². The number of rotatable bonds is 5. The largest absolute Gasteiger partial charge is 0.493 e. The third kappa shape index (κ3) is 3.77. The summed E-state index contributed by atoms with van der Waals surface area (Å²) in [5.41, 5.74) is 0. The summed E-state index contributed by atoms with van der Waals surface area (Å²) in [4.78, 5) is 0. The molecule has 0 aliphatic heterocycles. The molecular weight excluding hydrogens is 216 g/mol. The molecule has 0 aliphatic carbocycles. The fourth-order valence-electron chi connectivity index (χ4n) is 0.845. The summed E-state index contributed by atoms with van der Waals surface area (Å²) in [5.74, 6) is 0.840. The quantitative estimate of drug-likeness (QED) is 0.556. The fourth-order valence-corrected chi connectivity index (χ4v) is 1.24. The zero-order chi connectivity index (χ0) is 8.65. The summed E-state index contributed by atoms with van der Waals surface area (Å²) >= 11 is 3.37. The Kier molecular flexibility index (Phi) is 4.85. The first kappa shape index (κ1) is 9.59. The molecule has 0 unspecified atom stereocenters. The number of hydrogen-bond acceptors (Lipinski definition) is 1. The zero-order valence-corrected chi connectivity index (χ0v) is 8.51. The Morgan fingerprint density at radius 1 is 1.33 bits per heavy atom. The Balaban J connectivity index is 2.16. The third-order valence-corrected chi connectivity index (χ3v) is 2.03. The van der Waals surface area contributed by atoms with E-state index in [-0.39, 0.29) is 0 Å². The molecule has 0 heterocycles. The van der Waals surface area contributed by atoms with Gasteiger partial charge < -0.3 is 4.74 Å². The average molecular weight is 228 g/mol. The van der Waals surface area contributed by atoms with E-state index in [4.69, 9.17) is 4.74 Å². The minimum absolute atomic E-state index is 0.784. The molecule has 1 radical (unpaired) electrons. The molecule has 0 saturated heterocycles. The van der Waals surface area contributed by atoms with Crippen molar-refractivity contribution in [2.24, 2.45) is 0 Å². The molecule has 2 heteroatoms. The van der Waals surface area contributed by atoms with Crippen molar-refractivity contribution in [2.45, 2.75) is 12.8 Å². The maximum atomic E-state index is 5.43. The molecule has 0 spiro atoms. The highest BCUT2D eigenvalue weighted by Crippen LogP contribution is 2.07. The van der Waals surface area contributed by atoms with Crippen LogP contribution in [0.2, 0.25) is 0 Å². The van der Waals surface area contributed by atoms with Crippen molar-refractivity contribution < 1.29 is 4.74 Å². The van der Waals surface area contributed by atoms with Crippen molar-refractivity contribution in [3.8, 4) is 5.75 Å². The highest BCUT2D eigenvalue weighted by molar-refractivity contribution is 9.09. The first-order chi connectivity index (χ1) is 5.93. The number of para-hydroxylation sites is 1. The van der Waals surface area contributed by atoms with Gasteiger partial charge in [0.05, 0.1) is 6.61 Å². The normalized spacial score (nSPS) is 9.75. The first-order valence-corrected chi connectivity index (χ1v) is 5.21. The molecule has 12 heavy (non-hydrogen) atoms. The predicted octanol–water partition coefficient (Wildman–Crippen LogP) is 3.04. The number of hydrogen-bond donors (Lipinski definition) is 0. The Morgan fingerprint density at radius 2 is 2.25 bits per heavy atom. The average Bonchev–Trinajstić information content (AvgIpc) is 2.14. The van der Waals surface area contributed by atoms with Gasteiger partial charge in [-0.25, -0.2) is 0 Å². The van der Waals surface area contributed by atoms with Crippen LogP contribution in [0.3, 0.4) is 0 Å². The molecular formula is C10H12BrO. The van der Waals surface area contributed by atoms with Crippen molar-refractivity contribution in [2.75, 3.05) is 11.9 Å². The topological polar surface area (TPSA) is 9.23 Å². The fraction of sp³-hybridized carbons (Fsp3) is 0.400. The Bertz CT molecular complexity index is 198. The summed E-state index contributed by atoms with van der Waals surface area (Å²) in [7, 11) is 0. The lowest BCUT2D eigenvalue weighted by Gasteiger charge is -2.03.